The minimum absolute atomic E-state index is 1.01. The third-order valence-electron chi connectivity index (χ3n) is 7.24. The van der Waals surface area contributed by atoms with E-state index in [-0.39, 0.29) is 0 Å². The van der Waals surface area contributed by atoms with Crippen molar-refractivity contribution in [3.05, 3.63) is 114 Å². The van der Waals surface area contributed by atoms with Crippen LogP contribution in [0.5, 0.6) is 0 Å². The number of fused-ring (bicyclic) bond motifs is 6. The van der Waals surface area contributed by atoms with Gasteiger partial charge in [0.05, 0.1) is 16.7 Å². The van der Waals surface area contributed by atoms with Crippen LogP contribution in [0.3, 0.4) is 0 Å². The molecule has 4 aromatic carbocycles. The fraction of sp³-hybridized carbons (Fsp3) is 0.0909. The van der Waals surface area contributed by atoms with Crippen LogP contribution in [0.1, 0.15) is 16.7 Å². The van der Waals surface area contributed by atoms with Gasteiger partial charge in [-0.3, -0.25) is 4.98 Å². The maximum Gasteiger partial charge on any atom is 0.101 e. The summed E-state index contributed by atoms with van der Waals surface area (Å²) in [5, 5.41) is 9.98. The van der Waals surface area contributed by atoms with E-state index in [0.717, 1.165) is 44.3 Å². The lowest BCUT2D eigenvalue weighted by Gasteiger charge is -2.09. The Morgan fingerprint density at radius 3 is 2.36 bits per heavy atom. The SMILES string of the molecule is Cc1ccc2c(c1)c(C)cc1c3cc(C)cc(-c4cccc(-c5nccc6ccccc56)c4)c3nn21. The van der Waals surface area contributed by atoms with Crippen LogP contribution < -0.4 is 0 Å². The first kappa shape index (κ1) is 20.8. The first-order valence-electron chi connectivity index (χ1n) is 12.3. The summed E-state index contributed by atoms with van der Waals surface area (Å²) >= 11 is 0. The summed E-state index contributed by atoms with van der Waals surface area (Å²) in [6, 6.07) is 32.6. The Morgan fingerprint density at radius 1 is 0.611 bits per heavy atom. The number of hydrogen-bond acceptors (Lipinski definition) is 2. The molecule has 0 radical (unpaired) electrons. The molecule has 3 heteroatoms. The van der Waals surface area contributed by atoms with E-state index in [9.17, 15) is 0 Å². The number of aryl methyl sites for hydroxylation is 3. The highest BCUT2D eigenvalue weighted by Crippen LogP contribution is 2.36. The molecule has 0 saturated carbocycles. The Labute approximate surface area is 209 Å². The van der Waals surface area contributed by atoms with E-state index in [2.05, 4.69) is 116 Å². The summed E-state index contributed by atoms with van der Waals surface area (Å²) in [6.07, 6.45) is 1.90. The molecule has 0 amide bonds. The van der Waals surface area contributed by atoms with Gasteiger partial charge in [-0.15, -0.1) is 0 Å². The minimum Gasteiger partial charge on any atom is -0.256 e. The molecule has 3 aromatic heterocycles. The van der Waals surface area contributed by atoms with Gasteiger partial charge in [0.15, 0.2) is 0 Å². The van der Waals surface area contributed by atoms with Gasteiger partial charge in [-0.1, -0.05) is 54.1 Å². The maximum absolute atomic E-state index is 5.18. The van der Waals surface area contributed by atoms with Crippen molar-refractivity contribution >= 4 is 38.1 Å². The van der Waals surface area contributed by atoms with Crippen LogP contribution in [-0.4, -0.2) is 14.6 Å². The lowest BCUT2D eigenvalue weighted by Crippen LogP contribution is -1.93. The van der Waals surface area contributed by atoms with Crippen molar-refractivity contribution in [2.45, 2.75) is 20.8 Å². The molecule has 0 aliphatic carbocycles. The fourth-order valence-corrected chi connectivity index (χ4v) is 5.51. The molecule has 0 atom stereocenters. The van der Waals surface area contributed by atoms with E-state index in [0.29, 0.717) is 0 Å². The Bertz CT molecular complexity index is 1970. The summed E-state index contributed by atoms with van der Waals surface area (Å²) in [6.45, 7) is 6.50. The van der Waals surface area contributed by atoms with Crippen LogP contribution >= 0.6 is 0 Å². The molecular formula is C33H25N3. The van der Waals surface area contributed by atoms with E-state index in [1.165, 1.54) is 32.8 Å². The number of nitrogens with zero attached hydrogens (tertiary/aromatic N) is 3. The molecule has 0 fully saturated rings. The van der Waals surface area contributed by atoms with Crippen molar-refractivity contribution in [3.8, 4) is 22.4 Å². The minimum atomic E-state index is 1.01. The summed E-state index contributed by atoms with van der Waals surface area (Å²) in [7, 11) is 0. The topological polar surface area (TPSA) is 30.2 Å². The van der Waals surface area contributed by atoms with Crippen LogP contribution in [0.25, 0.3) is 60.5 Å². The first-order chi connectivity index (χ1) is 17.6. The lowest BCUT2D eigenvalue weighted by atomic mass is 9.96. The summed E-state index contributed by atoms with van der Waals surface area (Å²) in [5.41, 5.74) is 11.5. The summed E-state index contributed by atoms with van der Waals surface area (Å²) < 4.78 is 2.12. The number of benzene rings is 4. The van der Waals surface area contributed by atoms with Crippen molar-refractivity contribution in [3.63, 3.8) is 0 Å². The highest BCUT2D eigenvalue weighted by atomic mass is 15.2. The van der Waals surface area contributed by atoms with Gasteiger partial charge in [0.1, 0.15) is 5.52 Å². The van der Waals surface area contributed by atoms with Gasteiger partial charge >= 0.3 is 0 Å². The van der Waals surface area contributed by atoms with Gasteiger partial charge in [0.2, 0.25) is 0 Å². The van der Waals surface area contributed by atoms with Crippen LogP contribution in [0.4, 0.5) is 0 Å². The van der Waals surface area contributed by atoms with Crippen molar-refractivity contribution < 1.29 is 0 Å². The second kappa shape index (κ2) is 7.76. The molecule has 0 spiro atoms. The number of aromatic nitrogens is 3. The Morgan fingerprint density at radius 2 is 1.44 bits per heavy atom. The zero-order valence-corrected chi connectivity index (χ0v) is 20.6. The molecule has 7 aromatic rings. The predicted octanol–water partition coefficient (Wildman–Crippen LogP) is 8.45. The molecule has 0 unspecified atom stereocenters. The van der Waals surface area contributed by atoms with E-state index in [1.54, 1.807) is 0 Å². The molecule has 0 bridgehead atoms. The van der Waals surface area contributed by atoms with Gasteiger partial charge in [-0.2, -0.15) is 5.10 Å². The zero-order chi connectivity index (χ0) is 24.4. The molecule has 0 aliphatic rings. The zero-order valence-electron chi connectivity index (χ0n) is 20.6. The Kier molecular flexibility index (Phi) is 4.49. The molecule has 36 heavy (non-hydrogen) atoms. The highest BCUT2D eigenvalue weighted by molar-refractivity contribution is 6.06. The van der Waals surface area contributed by atoms with Crippen LogP contribution in [0.2, 0.25) is 0 Å². The predicted molar refractivity (Wildman–Crippen MR) is 151 cm³/mol. The lowest BCUT2D eigenvalue weighted by molar-refractivity contribution is 1.02. The van der Waals surface area contributed by atoms with E-state index < -0.39 is 0 Å². The van der Waals surface area contributed by atoms with E-state index in [1.807, 2.05) is 6.20 Å². The van der Waals surface area contributed by atoms with Crippen LogP contribution in [0.15, 0.2) is 97.2 Å². The Hall–Kier alpha value is -4.50. The highest BCUT2D eigenvalue weighted by Gasteiger charge is 2.16. The van der Waals surface area contributed by atoms with Gasteiger partial charge in [0.25, 0.3) is 0 Å². The molecule has 0 aliphatic heterocycles. The van der Waals surface area contributed by atoms with Crippen LogP contribution in [-0.2, 0) is 0 Å². The third kappa shape index (κ3) is 3.13. The smallest absolute Gasteiger partial charge is 0.101 e. The van der Waals surface area contributed by atoms with Crippen LogP contribution in [0, 0.1) is 20.8 Å². The second-order valence-corrected chi connectivity index (χ2v) is 9.82. The van der Waals surface area contributed by atoms with Crippen molar-refractivity contribution in [1.82, 2.24) is 14.6 Å². The Balaban J connectivity index is 1.50. The third-order valence-corrected chi connectivity index (χ3v) is 7.24. The van der Waals surface area contributed by atoms with E-state index in [4.69, 9.17) is 10.1 Å². The normalized spacial score (nSPS) is 11.8. The van der Waals surface area contributed by atoms with Crippen molar-refractivity contribution in [2.75, 3.05) is 0 Å². The standard InChI is InChI=1S/C33H25N3/c1-20-11-12-30-27(15-20)22(3)18-31-29-17-21(2)16-28(33(29)35-36(30)31)24-8-6-9-25(19-24)32-26-10-5-4-7-23(26)13-14-34-32/h4-19H,1-3H3. The monoisotopic (exact) mass is 463 g/mol. The molecule has 0 saturated heterocycles. The second-order valence-electron chi connectivity index (χ2n) is 9.82. The average Bonchev–Trinajstić information content (AvgIpc) is 3.26. The number of pyridine rings is 2. The van der Waals surface area contributed by atoms with Gasteiger partial charge in [-0.25, -0.2) is 4.52 Å². The summed E-state index contributed by atoms with van der Waals surface area (Å²) in [5.74, 6) is 0. The number of hydrogen-bond donors (Lipinski definition) is 0. The van der Waals surface area contributed by atoms with Gasteiger partial charge in [-0.05, 0) is 85.3 Å². The van der Waals surface area contributed by atoms with E-state index >= 15 is 0 Å². The largest absolute Gasteiger partial charge is 0.256 e. The molecule has 172 valence electrons. The summed E-state index contributed by atoms with van der Waals surface area (Å²) in [4.78, 5) is 4.76. The van der Waals surface area contributed by atoms with Crippen molar-refractivity contribution in [2.24, 2.45) is 0 Å². The van der Waals surface area contributed by atoms with Gasteiger partial charge in [0, 0.05) is 33.5 Å². The quantitative estimate of drug-likeness (QED) is 0.257. The fourth-order valence-electron chi connectivity index (χ4n) is 5.51. The first-order valence-corrected chi connectivity index (χ1v) is 12.3. The molecule has 0 N–H and O–H groups in total. The molecule has 3 heterocycles. The number of rotatable bonds is 2. The average molecular weight is 464 g/mol. The molecular weight excluding hydrogens is 438 g/mol. The van der Waals surface area contributed by atoms with Gasteiger partial charge < -0.3 is 0 Å². The molecule has 7 rings (SSSR count). The maximum atomic E-state index is 5.18. The molecule has 3 nitrogen and oxygen atoms in total. The van der Waals surface area contributed by atoms with Crippen molar-refractivity contribution in [1.29, 1.82) is 0 Å².